The van der Waals surface area contributed by atoms with E-state index in [9.17, 15) is 24.4 Å². The third-order valence-corrected chi connectivity index (χ3v) is 8.52. The van der Waals surface area contributed by atoms with Gasteiger partial charge in [-0.1, -0.05) is 24.6 Å². The standard InChI is InChI=1S/C25H34F2N3O9P/c1-16(20(32)37-17-9-5-3-6-10-17)29-40(35,39-18-11-7-4-8-12-18)36-15-25(27)21(33)24(2,26)22(38-25)30-14-13-19(31)28-23(30)34/h4,7-8,11-14,16-17,21-23,33-34H,3,5-6,9-10,15H2,1-2H3,(H,28,31)(H,29,35)/t16?,21-,22+,23?,24+,25+,40?/m0/s1. The minimum atomic E-state index is -4.58. The number of nitrogens with zero attached hydrogens (tertiary/aromatic N) is 1. The second-order valence-electron chi connectivity index (χ2n) is 10.2. The van der Waals surface area contributed by atoms with Crippen LogP contribution in [0.4, 0.5) is 8.78 Å². The number of ether oxygens (including phenoxy) is 2. The number of hydrogen-bond donors (Lipinski definition) is 4. The number of rotatable bonds is 10. The fourth-order valence-corrected chi connectivity index (χ4v) is 6.21. The van der Waals surface area contributed by atoms with E-state index >= 15 is 8.78 Å². The van der Waals surface area contributed by atoms with Crippen LogP contribution in [0.25, 0.3) is 0 Å². The van der Waals surface area contributed by atoms with Crippen LogP contribution in [0.5, 0.6) is 5.75 Å². The number of esters is 1. The van der Waals surface area contributed by atoms with Crippen molar-refractivity contribution in [1.29, 1.82) is 0 Å². The summed E-state index contributed by atoms with van der Waals surface area (Å²) in [6, 6.07) is 6.51. The Bertz CT molecular complexity index is 1140. The number of hydrogen-bond acceptors (Lipinski definition) is 10. The first kappa shape index (κ1) is 30.4. The Balaban J connectivity index is 1.49. The Morgan fingerprint density at radius 2 is 1.93 bits per heavy atom. The van der Waals surface area contributed by atoms with Gasteiger partial charge in [0.1, 0.15) is 24.5 Å². The molecule has 222 valence electrons. The van der Waals surface area contributed by atoms with Gasteiger partial charge in [-0.3, -0.25) is 14.1 Å². The largest absolute Gasteiger partial charge is 0.461 e. The van der Waals surface area contributed by atoms with Crippen molar-refractivity contribution in [3.05, 3.63) is 42.6 Å². The summed E-state index contributed by atoms with van der Waals surface area (Å²) in [6.45, 7) is 0.905. The smallest absolute Gasteiger partial charge is 0.459 e. The van der Waals surface area contributed by atoms with Crippen molar-refractivity contribution in [2.45, 2.75) is 88.3 Å². The van der Waals surface area contributed by atoms with Gasteiger partial charge in [-0.15, -0.1) is 0 Å². The molecule has 2 heterocycles. The number of halogens is 2. The highest BCUT2D eigenvalue weighted by Gasteiger charge is 2.66. The highest BCUT2D eigenvalue weighted by Crippen LogP contribution is 2.50. The van der Waals surface area contributed by atoms with E-state index in [0.29, 0.717) is 12.8 Å². The molecule has 40 heavy (non-hydrogen) atoms. The van der Waals surface area contributed by atoms with Crippen LogP contribution in [-0.4, -0.2) is 75.9 Å². The molecule has 1 aromatic carbocycles. The van der Waals surface area contributed by atoms with Gasteiger partial charge >= 0.3 is 13.7 Å². The average Bonchev–Trinajstić information content (AvgIpc) is 3.09. The normalized spacial score (nSPS) is 33.2. The summed E-state index contributed by atoms with van der Waals surface area (Å²) in [5, 5.41) is 25.2. The summed E-state index contributed by atoms with van der Waals surface area (Å²) in [5.74, 6) is -4.63. The van der Waals surface area contributed by atoms with Crippen LogP contribution in [0.15, 0.2) is 42.6 Å². The highest BCUT2D eigenvalue weighted by atomic mass is 31.2. The number of aliphatic hydroxyl groups excluding tert-OH is 2. The molecule has 4 N–H and O–H groups in total. The number of nitrogens with one attached hydrogen (secondary N) is 2. The molecule has 1 aromatic rings. The van der Waals surface area contributed by atoms with Crippen molar-refractivity contribution >= 4 is 19.6 Å². The molecule has 15 heteroatoms. The average molecular weight is 590 g/mol. The zero-order chi connectivity index (χ0) is 29.1. The lowest BCUT2D eigenvalue weighted by Crippen LogP contribution is -2.58. The molecule has 3 aliphatic rings. The SMILES string of the molecule is CC(NP(=O)(OC[C@@]1(F)O[C@@H](N2C=CC(=O)NC2O)[C@](C)(F)[C@@H]1O)Oc1ccccc1)C(=O)OC1CCCCC1. The van der Waals surface area contributed by atoms with Crippen LogP contribution in [0.2, 0.25) is 0 Å². The number of para-hydroxylation sites is 1. The van der Waals surface area contributed by atoms with Gasteiger partial charge in [0.2, 0.25) is 12.3 Å². The molecule has 0 aromatic heterocycles. The fraction of sp³-hybridized carbons (Fsp3) is 0.600. The van der Waals surface area contributed by atoms with Crippen molar-refractivity contribution < 1.29 is 51.7 Å². The Labute approximate surface area is 230 Å². The van der Waals surface area contributed by atoms with Crippen molar-refractivity contribution in [1.82, 2.24) is 15.3 Å². The maximum absolute atomic E-state index is 15.9. The van der Waals surface area contributed by atoms with Gasteiger partial charge in [0.05, 0.1) is 0 Å². The quantitative estimate of drug-likeness (QED) is 0.235. The minimum absolute atomic E-state index is 0.0532. The molecule has 7 atom stereocenters. The van der Waals surface area contributed by atoms with E-state index in [1.807, 2.05) is 0 Å². The van der Waals surface area contributed by atoms with Crippen LogP contribution in [0.1, 0.15) is 46.0 Å². The molecule has 0 spiro atoms. The maximum Gasteiger partial charge on any atom is 0.459 e. The third kappa shape index (κ3) is 6.81. The summed E-state index contributed by atoms with van der Waals surface area (Å²) in [4.78, 5) is 24.9. The van der Waals surface area contributed by atoms with E-state index in [1.165, 1.54) is 19.1 Å². The molecule has 12 nitrogen and oxygen atoms in total. The Morgan fingerprint density at radius 1 is 1.25 bits per heavy atom. The molecule has 1 aliphatic carbocycles. The van der Waals surface area contributed by atoms with E-state index < -0.39 is 62.5 Å². The number of carbonyl (C=O) groups is 2. The number of aliphatic hydroxyl groups is 2. The maximum atomic E-state index is 15.9. The van der Waals surface area contributed by atoms with Crippen LogP contribution in [0, 0.1) is 0 Å². The summed E-state index contributed by atoms with van der Waals surface area (Å²) >= 11 is 0. The summed E-state index contributed by atoms with van der Waals surface area (Å²) in [6.07, 6.45) is -0.219. The van der Waals surface area contributed by atoms with E-state index in [0.717, 1.165) is 43.4 Å². The van der Waals surface area contributed by atoms with Gasteiger partial charge in [0.15, 0.2) is 18.0 Å². The van der Waals surface area contributed by atoms with Crippen molar-refractivity contribution in [3.8, 4) is 5.75 Å². The molecular weight excluding hydrogens is 555 g/mol. The van der Waals surface area contributed by atoms with Gasteiger partial charge in [-0.2, -0.15) is 5.09 Å². The van der Waals surface area contributed by atoms with Crippen LogP contribution >= 0.6 is 7.75 Å². The Kier molecular flexibility index (Phi) is 9.18. The van der Waals surface area contributed by atoms with Crippen LogP contribution in [-0.2, 0) is 28.2 Å². The molecule has 3 unspecified atom stereocenters. The van der Waals surface area contributed by atoms with Crippen molar-refractivity contribution in [2.75, 3.05) is 6.61 Å². The predicted octanol–water partition coefficient (Wildman–Crippen LogP) is 2.38. The molecule has 2 aliphatic heterocycles. The van der Waals surface area contributed by atoms with Gasteiger partial charge in [-0.05, 0) is 51.7 Å². The fourth-order valence-electron chi connectivity index (χ4n) is 4.70. The van der Waals surface area contributed by atoms with E-state index in [2.05, 4.69) is 10.4 Å². The Morgan fingerprint density at radius 3 is 2.58 bits per heavy atom. The van der Waals surface area contributed by atoms with E-state index in [4.69, 9.17) is 18.5 Å². The molecule has 4 rings (SSSR count). The second kappa shape index (κ2) is 12.1. The lowest BCUT2D eigenvalue weighted by Gasteiger charge is -2.37. The van der Waals surface area contributed by atoms with Crippen LogP contribution < -0.4 is 14.9 Å². The number of benzene rings is 1. The first-order valence-corrected chi connectivity index (χ1v) is 14.5. The molecular formula is C25H34F2N3O9P. The lowest BCUT2D eigenvalue weighted by molar-refractivity contribution is -0.224. The first-order chi connectivity index (χ1) is 18.8. The van der Waals surface area contributed by atoms with Gasteiger partial charge in [0.25, 0.3) is 5.85 Å². The van der Waals surface area contributed by atoms with E-state index in [-0.39, 0.29) is 11.9 Å². The number of alkyl halides is 2. The third-order valence-electron chi connectivity index (χ3n) is 6.90. The lowest BCUT2D eigenvalue weighted by atomic mass is 9.97. The van der Waals surface area contributed by atoms with Crippen molar-refractivity contribution in [3.63, 3.8) is 0 Å². The molecule has 0 bridgehead atoms. The summed E-state index contributed by atoms with van der Waals surface area (Å²) < 4.78 is 66.7. The zero-order valence-electron chi connectivity index (χ0n) is 22.1. The second-order valence-corrected chi connectivity index (χ2v) is 11.9. The van der Waals surface area contributed by atoms with Crippen molar-refractivity contribution in [2.24, 2.45) is 0 Å². The minimum Gasteiger partial charge on any atom is -0.461 e. The Hall–Kier alpha value is -2.61. The highest BCUT2D eigenvalue weighted by molar-refractivity contribution is 7.52. The van der Waals surface area contributed by atoms with Gasteiger partial charge in [0, 0.05) is 12.3 Å². The van der Waals surface area contributed by atoms with Gasteiger partial charge < -0.3 is 34.4 Å². The molecule has 1 saturated carbocycles. The zero-order valence-corrected chi connectivity index (χ0v) is 23.0. The van der Waals surface area contributed by atoms with Crippen LogP contribution in [0.3, 0.4) is 0 Å². The summed E-state index contributed by atoms with van der Waals surface area (Å²) in [5.41, 5.74) is -2.83. The first-order valence-electron chi connectivity index (χ1n) is 13.0. The number of amides is 1. The summed E-state index contributed by atoms with van der Waals surface area (Å²) in [7, 11) is -4.58. The monoisotopic (exact) mass is 589 g/mol. The topological polar surface area (TPSA) is 156 Å². The molecule has 1 saturated heterocycles. The molecule has 0 radical (unpaired) electrons. The van der Waals surface area contributed by atoms with Gasteiger partial charge in [-0.25, -0.2) is 13.3 Å². The molecule has 1 amide bonds. The predicted molar refractivity (Wildman–Crippen MR) is 136 cm³/mol. The molecule has 2 fully saturated rings. The number of carbonyl (C=O) groups excluding carboxylic acids is 2. The van der Waals surface area contributed by atoms with E-state index in [1.54, 1.807) is 18.2 Å².